The lowest BCUT2D eigenvalue weighted by Crippen LogP contribution is -2.30. The molecule has 1 aromatic rings. The molecule has 1 heterocycles. The zero-order chi connectivity index (χ0) is 13.1. The van der Waals surface area contributed by atoms with Gasteiger partial charge in [-0.25, -0.2) is 0 Å². The molecule has 1 aliphatic heterocycles. The van der Waals surface area contributed by atoms with Crippen molar-refractivity contribution < 1.29 is 9.47 Å². The first-order chi connectivity index (χ1) is 9.34. The average molecular weight is 261 g/mol. The molecular weight excluding hydrogens is 238 g/mol. The molecule has 3 rings (SSSR count). The quantitative estimate of drug-likeness (QED) is 0.850. The minimum absolute atomic E-state index is 0.0148. The third-order valence-electron chi connectivity index (χ3n) is 4.32. The van der Waals surface area contributed by atoms with Gasteiger partial charge in [-0.05, 0) is 36.8 Å². The van der Waals surface area contributed by atoms with Gasteiger partial charge in [0, 0.05) is 12.5 Å². The number of ether oxygens (including phenoxy) is 2. The van der Waals surface area contributed by atoms with Crippen molar-refractivity contribution in [2.24, 2.45) is 11.7 Å². The monoisotopic (exact) mass is 261 g/mol. The predicted molar refractivity (Wildman–Crippen MR) is 75.0 cm³/mol. The molecule has 3 nitrogen and oxygen atoms in total. The van der Waals surface area contributed by atoms with Gasteiger partial charge in [0.15, 0.2) is 0 Å². The van der Waals surface area contributed by atoms with E-state index >= 15 is 0 Å². The second kappa shape index (κ2) is 6.04. The number of hydrogen-bond donors (Lipinski definition) is 1. The van der Waals surface area contributed by atoms with Crippen LogP contribution in [0, 0.1) is 5.92 Å². The molecule has 1 aliphatic carbocycles. The molecule has 3 heteroatoms. The molecule has 3 unspecified atom stereocenters. The second-order valence-corrected chi connectivity index (χ2v) is 5.72. The lowest BCUT2D eigenvalue weighted by atomic mass is 9.98. The zero-order valence-corrected chi connectivity index (χ0v) is 11.4. The van der Waals surface area contributed by atoms with Crippen molar-refractivity contribution in [2.45, 2.75) is 37.8 Å². The maximum atomic E-state index is 6.42. The minimum atomic E-state index is 0.0148. The molecule has 0 bridgehead atoms. The Morgan fingerprint density at radius 2 is 2.16 bits per heavy atom. The summed E-state index contributed by atoms with van der Waals surface area (Å²) in [7, 11) is 0. The van der Waals surface area contributed by atoms with Gasteiger partial charge in [-0.2, -0.15) is 0 Å². The van der Waals surface area contributed by atoms with Gasteiger partial charge in [-0.1, -0.05) is 24.3 Å². The highest BCUT2D eigenvalue weighted by molar-refractivity contribution is 5.31. The van der Waals surface area contributed by atoms with Gasteiger partial charge in [-0.15, -0.1) is 0 Å². The summed E-state index contributed by atoms with van der Waals surface area (Å²) in [6.07, 6.45) is 4.62. The Kier molecular flexibility index (Phi) is 4.16. The van der Waals surface area contributed by atoms with Gasteiger partial charge in [0.1, 0.15) is 0 Å². The van der Waals surface area contributed by atoms with Crippen molar-refractivity contribution >= 4 is 0 Å². The zero-order valence-electron chi connectivity index (χ0n) is 11.4. The molecule has 0 amide bonds. The highest BCUT2D eigenvalue weighted by Gasteiger charge is 2.26. The van der Waals surface area contributed by atoms with Crippen LogP contribution in [0.3, 0.4) is 0 Å². The summed E-state index contributed by atoms with van der Waals surface area (Å²) in [5.74, 6) is 0.561. The van der Waals surface area contributed by atoms with Crippen LogP contribution >= 0.6 is 0 Å². The Balaban J connectivity index is 1.65. The summed E-state index contributed by atoms with van der Waals surface area (Å²) in [6.45, 7) is 2.52. The van der Waals surface area contributed by atoms with Gasteiger partial charge in [0.2, 0.25) is 0 Å². The molecule has 0 aromatic heterocycles. The molecule has 2 aliphatic rings. The van der Waals surface area contributed by atoms with Crippen molar-refractivity contribution in [3.8, 4) is 0 Å². The van der Waals surface area contributed by atoms with Gasteiger partial charge in [0.05, 0.1) is 25.4 Å². The molecule has 104 valence electrons. The van der Waals surface area contributed by atoms with Crippen molar-refractivity contribution in [3.63, 3.8) is 0 Å². The predicted octanol–water partition coefficient (Wildman–Crippen LogP) is 2.44. The molecule has 19 heavy (non-hydrogen) atoms. The van der Waals surface area contributed by atoms with E-state index in [1.54, 1.807) is 0 Å². The van der Waals surface area contributed by atoms with Crippen molar-refractivity contribution in [1.82, 2.24) is 0 Å². The molecule has 2 N–H and O–H groups in total. The molecule has 1 saturated heterocycles. The number of aryl methyl sites for hydroxylation is 1. The summed E-state index contributed by atoms with van der Waals surface area (Å²) >= 11 is 0. The van der Waals surface area contributed by atoms with Crippen LogP contribution in [0.15, 0.2) is 24.3 Å². The minimum Gasteiger partial charge on any atom is -0.381 e. The van der Waals surface area contributed by atoms with Crippen molar-refractivity contribution in [2.75, 3.05) is 19.8 Å². The lowest BCUT2D eigenvalue weighted by Gasteiger charge is -2.24. The highest BCUT2D eigenvalue weighted by atomic mass is 16.5. The normalized spacial score (nSPS) is 30.9. The van der Waals surface area contributed by atoms with Gasteiger partial charge >= 0.3 is 0 Å². The maximum absolute atomic E-state index is 6.42. The van der Waals surface area contributed by atoms with Crippen molar-refractivity contribution in [3.05, 3.63) is 35.4 Å². The van der Waals surface area contributed by atoms with Crippen LogP contribution in [0.4, 0.5) is 0 Å². The van der Waals surface area contributed by atoms with E-state index < -0.39 is 0 Å². The molecule has 0 spiro atoms. The van der Waals surface area contributed by atoms with E-state index in [1.807, 2.05) is 0 Å². The number of benzene rings is 1. The first kappa shape index (κ1) is 13.1. The third-order valence-corrected chi connectivity index (χ3v) is 4.32. The second-order valence-electron chi connectivity index (χ2n) is 5.72. The summed E-state index contributed by atoms with van der Waals surface area (Å²) in [5.41, 5.74) is 9.08. The summed E-state index contributed by atoms with van der Waals surface area (Å²) in [4.78, 5) is 0. The fourth-order valence-electron chi connectivity index (χ4n) is 3.12. The van der Waals surface area contributed by atoms with E-state index in [-0.39, 0.29) is 12.1 Å². The fraction of sp³-hybridized carbons (Fsp3) is 0.625. The SMILES string of the molecule is NC1c2ccccc2CCCC1OCC1CCOC1. The van der Waals surface area contributed by atoms with Gasteiger partial charge < -0.3 is 15.2 Å². The lowest BCUT2D eigenvalue weighted by molar-refractivity contribution is 0.00702. The van der Waals surface area contributed by atoms with Gasteiger partial charge in [-0.3, -0.25) is 0 Å². The van der Waals surface area contributed by atoms with Crippen LogP contribution in [0.2, 0.25) is 0 Å². The molecular formula is C16H23NO2. The molecule has 3 atom stereocenters. The maximum Gasteiger partial charge on any atom is 0.0768 e. The number of nitrogens with two attached hydrogens (primary N) is 1. The topological polar surface area (TPSA) is 44.5 Å². The first-order valence-electron chi connectivity index (χ1n) is 7.37. The summed E-state index contributed by atoms with van der Waals surface area (Å²) < 4.78 is 11.5. The Morgan fingerprint density at radius 3 is 3.00 bits per heavy atom. The van der Waals surface area contributed by atoms with Crippen LogP contribution in [-0.2, 0) is 15.9 Å². The standard InChI is InChI=1S/C16H23NO2/c17-16-14-6-2-1-4-13(14)5-3-7-15(16)19-11-12-8-9-18-10-12/h1-2,4,6,12,15-16H,3,5,7-11,17H2. The van der Waals surface area contributed by atoms with E-state index in [1.165, 1.54) is 11.1 Å². The van der Waals surface area contributed by atoms with E-state index in [4.69, 9.17) is 15.2 Å². The Morgan fingerprint density at radius 1 is 1.26 bits per heavy atom. The van der Waals surface area contributed by atoms with Crippen LogP contribution in [-0.4, -0.2) is 25.9 Å². The van der Waals surface area contributed by atoms with Gasteiger partial charge in [0.25, 0.3) is 0 Å². The van der Waals surface area contributed by atoms with E-state index in [9.17, 15) is 0 Å². The van der Waals surface area contributed by atoms with Crippen LogP contribution in [0.5, 0.6) is 0 Å². The molecule has 0 radical (unpaired) electrons. The van der Waals surface area contributed by atoms with Crippen LogP contribution < -0.4 is 5.73 Å². The fourth-order valence-corrected chi connectivity index (χ4v) is 3.12. The first-order valence-corrected chi connectivity index (χ1v) is 7.37. The molecule has 0 saturated carbocycles. The summed E-state index contributed by atoms with van der Waals surface area (Å²) in [5, 5.41) is 0. The molecule has 1 aromatic carbocycles. The summed E-state index contributed by atoms with van der Waals surface area (Å²) in [6, 6.07) is 8.54. The van der Waals surface area contributed by atoms with Crippen molar-refractivity contribution in [1.29, 1.82) is 0 Å². The number of hydrogen-bond acceptors (Lipinski definition) is 3. The average Bonchev–Trinajstić information content (AvgIpc) is 2.90. The highest BCUT2D eigenvalue weighted by Crippen LogP contribution is 2.29. The Labute approximate surface area is 115 Å². The van der Waals surface area contributed by atoms with Crippen LogP contribution in [0.1, 0.15) is 36.4 Å². The van der Waals surface area contributed by atoms with Crippen LogP contribution in [0.25, 0.3) is 0 Å². The van der Waals surface area contributed by atoms with E-state index in [0.29, 0.717) is 5.92 Å². The number of rotatable bonds is 3. The Bertz CT molecular complexity index is 415. The largest absolute Gasteiger partial charge is 0.381 e. The molecule has 1 fully saturated rings. The van der Waals surface area contributed by atoms with E-state index in [2.05, 4.69) is 24.3 Å². The number of fused-ring (bicyclic) bond motifs is 1. The smallest absolute Gasteiger partial charge is 0.0768 e. The van der Waals surface area contributed by atoms with E-state index in [0.717, 1.165) is 45.5 Å². The third kappa shape index (κ3) is 2.99. The Hall–Kier alpha value is -0.900.